The van der Waals surface area contributed by atoms with Crippen LogP contribution in [0.2, 0.25) is 5.02 Å². The first kappa shape index (κ1) is 17.8. The van der Waals surface area contributed by atoms with E-state index in [0.717, 1.165) is 4.70 Å². The Hall–Kier alpha value is -2.97. The Labute approximate surface area is 157 Å². The number of carbonyl (C=O) groups is 1. The minimum atomic E-state index is -0.473. The molecule has 0 fully saturated rings. The number of fused-ring (bicyclic) bond motifs is 1. The first-order valence-corrected chi connectivity index (χ1v) is 8.52. The molecule has 3 aromatic rings. The molecule has 0 aliphatic heterocycles. The molecule has 0 radical (unpaired) electrons. The van der Waals surface area contributed by atoms with Crippen LogP contribution in [-0.4, -0.2) is 24.2 Å². The number of hydrazone groups is 1. The number of thiophene rings is 1. The molecule has 3 rings (SSSR count). The van der Waals surface area contributed by atoms with Gasteiger partial charge in [-0.15, -0.1) is 11.3 Å². The van der Waals surface area contributed by atoms with Crippen molar-refractivity contribution in [2.75, 3.05) is 7.11 Å². The van der Waals surface area contributed by atoms with E-state index in [2.05, 4.69) is 10.5 Å². The fourth-order valence-electron chi connectivity index (χ4n) is 2.28. The van der Waals surface area contributed by atoms with E-state index in [1.807, 2.05) is 0 Å². The molecule has 0 atom stereocenters. The Balaban J connectivity index is 1.77. The molecule has 0 saturated carbocycles. The molecule has 0 spiro atoms. The van der Waals surface area contributed by atoms with Gasteiger partial charge in [0.15, 0.2) is 0 Å². The smallest absolute Gasteiger partial charge is 0.281 e. The van der Waals surface area contributed by atoms with Crippen LogP contribution in [0.1, 0.15) is 15.2 Å². The van der Waals surface area contributed by atoms with E-state index in [4.69, 9.17) is 16.3 Å². The van der Waals surface area contributed by atoms with Gasteiger partial charge < -0.3 is 4.74 Å². The lowest BCUT2D eigenvalue weighted by Gasteiger charge is -2.04. The molecular formula is C17H12ClN3O4S. The zero-order chi connectivity index (χ0) is 18.7. The summed E-state index contributed by atoms with van der Waals surface area (Å²) in [5, 5.41) is 15.9. The number of ether oxygens (including phenoxy) is 1. The van der Waals surface area contributed by atoms with Gasteiger partial charge in [0.25, 0.3) is 11.6 Å². The number of methoxy groups -OCH3 is 1. The summed E-state index contributed by atoms with van der Waals surface area (Å²) < 4.78 is 5.98. The molecule has 0 unspecified atom stereocenters. The van der Waals surface area contributed by atoms with Crippen LogP contribution in [0.4, 0.5) is 5.69 Å². The van der Waals surface area contributed by atoms with Gasteiger partial charge in [-0.3, -0.25) is 14.9 Å². The number of carbonyl (C=O) groups excluding carboxylic acids is 1. The maximum Gasteiger partial charge on any atom is 0.281 e. The summed E-state index contributed by atoms with van der Waals surface area (Å²) in [6.07, 6.45) is 1.43. The minimum Gasteiger partial charge on any atom is -0.496 e. The number of nitrogens with one attached hydrogen (secondary N) is 1. The molecule has 0 aliphatic carbocycles. The number of hydrogen-bond acceptors (Lipinski definition) is 6. The summed E-state index contributed by atoms with van der Waals surface area (Å²) in [5.74, 6) is 0.160. The average molecular weight is 390 g/mol. The molecule has 0 aliphatic rings. The molecule has 7 nitrogen and oxygen atoms in total. The van der Waals surface area contributed by atoms with E-state index in [-0.39, 0.29) is 5.69 Å². The third-order valence-electron chi connectivity index (χ3n) is 3.50. The number of non-ortho nitro benzene ring substituents is 1. The normalized spacial score (nSPS) is 11.0. The van der Waals surface area contributed by atoms with Crippen LogP contribution in [0.15, 0.2) is 47.6 Å². The Bertz CT molecular complexity index is 1030. The van der Waals surface area contributed by atoms with Gasteiger partial charge in [0, 0.05) is 32.8 Å². The minimum absolute atomic E-state index is 0.0201. The predicted molar refractivity (Wildman–Crippen MR) is 102 cm³/mol. The summed E-state index contributed by atoms with van der Waals surface area (Å²) in [4.78, 5) is 23.0. The average Bonchev–Trinajstić information content (AvgIpc) is 3.05. The maximum absolute atomic E-state index is 12.2. The van der Waals surface area contributed by atoms with Crippen LogP contribution in [0, 0.1) is 10.1 Å². The van der Waals surface area contributed by atoms with Crippen molar-refractivity contribution >= 4 is 50.8 Å². The van der Waals surface area contributed by atoms with Crippen molar-refractivity contribution in [3.63, 3.8) is 0 Å². The molecule has 1 aromatic heterocycles. The van der Waals surface area contributed by atoms with Crippen LogP contribution in [-0.2, 0) is 0 Å². The number of nitro benzene ring substituents is 1. The fourth-order valence-corrected chi connectivity index (χ4v) is 3.39. The third kappa shape index (κ3) is 3.81. The van der Waals surface area contributed by atoms with Crippen molar-refractivity contribution in [1.82, 2.24) is 5.43 Å². The van der Waals surface area contributed by atoms with E-state index >= 15 is 0 Å². The topological polar surface area (TPSA) is 93.8 Å². The van der Waals surface area contributed by atoms with Crippen molar-refractivity contribution in [2.24, 2.45) is 5.10 Å². The SMILES string of the molecule is COc1ccc(Cl)cc1/C=N\NC(=O)c1cc2cc([N+](=O)[O-])ccc2s1. The molecule has 0 bridgehead atoms. The van der Waals surface area contributed by atoms with Crippen LogP contribution in [0.25, 0.3) is 10.1 Å². The second-order valence-electron chi connectivity index (χ2n) is 5.18. The standard InChI is InChI=1S/C17H12ClN3O4S/c1-25-14-4-2-12(18)6-11(14)9-19-20-17(22)16-8-10-7-13(21(23)24)3-5-15(10)26-16/h2-9H,1H3,(H,20,22)/b19-9-. The summed E-state index contributed by atoms with van der Waals surface area (Å²) in [7, 11) is 1.52. The van der Waals surface area contributed by atoms with Gasteiger partial charge in [0.05, 0.1) is 23.1 Å². The van der Waals surface area contributed by atoms with Crippen molar-refractivity contribution < 1.29 is 14.5 Å². The van der Waals surface area contributed by atoms with Gasteiger partial charge in [-0.25, -0.2) is 5.43 Å². The van der Waals surface area contributed by atoms with Crippen molar-refractivity contribution in [1.29, 1.82) is 0 Å². The Kier molecular flexibility index (Phi) is 5.15. The van der Waals surface area contributed by atoms with E-state index in [9.17, 15) is 14.9 Å². The monoisotopic (exact) mass is 389 g/mol. The highest BCUT2D eigenvalue weighted by atomic mass is 35.5. The summed E-state index contributed by atoms with van der Waals surface area (Å²) in [6, 6.07) is 11.1. The number of amides is 1. The van der Waals surface area contributed by atoms with Crippen LogP contribution in [0.3, 0.4) is 0 Å². The van der Waals surface area contributed by atoms with Crippen LogP contribution >= 0.6 is 22.9 Å². The van der Waals surface area contributed by atoms with Gasteiger partial charge >= 0.3 is 0 Å². The van der Waals surface area contributed by atoms with Gasteiger partial charge in [-0.1, -0.05) is 11.6 Å². The van der Waals surface area contributed by atoms with Gasteiger partial charge in [-0.05, 0) is 30.3 Å². The van der Waals surface area contributed by atoms with Crippen molar-refractivity contribution in [3.05, 3.63) is 68.0 Å². The molecule has 1 heterocycles. The fraction of sp³-hybridized carbons (Fsp3) is 0.0588. The van der Waals surface area contributed by atoms with Gasteiger partial charge in [-0.2, -0.15) is 5.10 Å². The molecule has 26 heavy (non-hydrogen) atoms. The highest BCUT2D eigenvalue weighted by molar-refractivity contribution is 7.20. The molecule has 132 valence electrons. The number of nitro groups is 1. The molecule has 9 heteroatoms. The van der Waals surface area contributed by atoms with Gasteiger partial charge in [0.2, 0.25) is 0 Å². The largest absolute Gasteiger partial charge is 0.496 e. The zero-order valence-electron chi connectivity index (χ0n) is 13.4. The van der Waals surface area contributed by atoms with Gasteiger partial charge in [0.1, 0.15) is 5.75 Å². The molecule has 1 N–H and O–H groups in total. The lowest BCUT2D eigenvalue weighted by Crippen LogP contribution is -2.16. The first-order chi connectivity index (χ1) is 12.5. The zero-order valence-corrected chi connectivity index (χ0v) is 15.0. The molecular weight excluding hydrogens is 378 g/mol. The number of halogens is 1. The first-order valence-electron chi connectivity index (χ1n) is 7.33. The van der Waals surface area contributed by atoms with E-state index in [1.54, 1.807) is 30.3 Å². The van der Waals surface area contributed by atoms with Crippen molar-refractivity contribution in [2.45, 2.75) is 0 Å². The number of benzene rings is 2. The highest BCUT2D eigenvalue weighted by Crippen LogP contribution is 2.29. The quantitative estimate of drug-likeness (QED) is 0.401. The number of hydrogen-bond donors (Lipinski definition) is 1. The number of rotatable bonds is 5. The summed E-state index contributed by atoms with van der Waals surface area (Å²) in [6.45, 7) is 0. The van der Waals surface area contributed by atoms with Crippen LogP contribution in [0.5, 0.6) is 5.75 Å². The van der Waals surface area contributed by atoms with E-state index in [1.165, 1.54) is 36.8 Å². The maximum atomic E-state index is 12.2. The molecule has 0 saturated heterocycles. The molecule has 1 amide bonds. The molecule has 2 aromatic carbocycles. The Morgan fingerprint density at radius 1 is 1.31 bits per heavy atom. The van der Waals surface area contributed by atoms with E-state index in [0.29, 0.717) is 26.6 Å². The Morgan fingerprint density at radius 2 is 2.12 bits per heavy atom. The lowest BCUT2D eigenvalue weighted by molar-refractivity contribution is -0.384. The second-order valence-corrected chi connectivity index (χ2v) is 6.70. The van der Waals surface area contributed by atoms with Crippen molar-refractivity contribution in [3.8, 4) is 5.75 Å². The second kappa shape index (κ2) is 7.51. The summed E-state index contributed by atoms with van der Waals surface area (Å²) >= 11 is 7.17. The predicted octanol–water partition coefficient (Wildman–Crippen LogP) is 4.24. The third-order valence-corrected chi connectivity index (χ3v) is 4.85. The Morgan fingerprint density at radius 3 is 2.85 bits per heavy atom. The van der Waals surface area contributed by atoms with Crippen LogP contribution < -0.4 is 10.2 Å². The highest BCUT2D eigenvalue weighted by Gasteiger charge is 2.13. The summed E-state index contributed by atoms with van der Waals surface area (Å²) in [5.41, 5.74) is 3.02. The number of nitrogens with zero attached hydrogens (tertiary/aromatic N) is 2. The lowest BCUT2D eigenvalue weighted by atomic mass is 10.2. The van der Waals surface area contributed by atoms with E-state index < -0.39 is 10.8 Å².